The molecule has 0 unspecified atom stereocenters. The van der Waals surface area contributed by atoms with Gasteiger partial charge in [0.2, 0.25) is 0 Å². The first-order chi connectivity index (χ1) is 8.77. The van der Waals surface area contributed by atoms with E-state index in [4.69, 9.17) is 15.2 Å². The summed E-state index contributed by atoms with van der Waals surface area (Å²) in [4.78, 5) is 15.9. The summed E-state index contributed by atoms with van der Waals surface area (Å²) >= 11 is 1.45. The molecule has 1 heterocycles. The summed E-state index contributed by atoms with van der Waals surface area (Å²) in [7, 11) is 1.62. The summed E-state index contributed by atoms with van der Waals surface area (Å²) in [5, 5.41) is 5.37. The molecule has 7 heteroatoms. The number of nitrogens with zero attached hydrogens (tertiary/aromatic N) is 1. The summed E-state index contributed by atoms with van der Waals surface area (Å²) in [5.74, 6) is -0.176. The van der Waals surface area contributed by atoms with Gasteiger partial charge in [-0.25, -0.2) is 4.98 Å². The third-order valence-electron chi connectivity index (χ3n) is 2.11. The van der Waals surface area contributed by atoms with Crippen LogP contribution in [0.15, 0.2) is 5.38 Å². The van der Waals surface area contributed by atoms with Crippen LogP contribution in [0, 0.1) is 0 Å². The van der Waals surface area contributed by atoms with Crippen molar-refractivity contribution in [3.63, 3.8) is 0 Å². The van der Waals surface area contributed by atoms with Crippen molar-refractivity contribution in [3.8, 4) is 0 Å². The molecule has 1 rings (SSSR count). The van der Waals surface area contributed by atoms with Crippen molar-refractivity contribution in [1.29, 1.82) is 0 Å². The zero-order valence-corrected chi connectivity index (χ0v) is 11.3. The molecule has 0 aromatic carbocycles. The predicted octanol–water partition coefficient (Wildman–Crippen LogP) is 0.0371. The number of hydrogen-bond acceptors (Lipinski definition) is 6. The maximum Gasteiger partial charge on any atom is 0.270 e. The summed E-state index contributed by atoms with van der Waals surface area (Å²) in [6.07, 6.45) is 0.706. The van der Waals surface area contributed by atoms with Gasteiger partial charge in [-0.3, -0.25) is 4.79 Å². The highest BCUT2D eigenvalue weighted by molar-refractivity contribution is 7.09. The van der Waals surface area contributed by atoms with E-state index in [1.807, 2.05) is 0 Å². The van der Waals surface area contributed by atoms with Crippen molar-refractivity contribution in [2.45, 2.75) is 6.42 Å². The van der Waals surface area contributed by atoms with Crippen molar-refractivity contribution in [1.82, 2.24) is 10.3 Å². The standard InChI is InChI=1S/C11H19N3O3S/c1-16-6-7-17-5-4-13-11(15)9-8-18-10(14-9)2-3-12/h8H,2-7,12H2,1H3,(H,13,15). The maximum atomic E-state index is 11.7. The number of thiazole rings is 1. The Labute approximate surface area is 110 Å². The summed E-state index contributed by atoms with van der Waals surface area (Å²) in [5.41, 5.74) is 5.87. The third-order valence-corrected chi connectivity index (χ3v) is 3.01. The minimum atomic E-state index is -0.176. The van der Waals surface area contributed by atoms with Gasteiger partial charge in [-0.1, -0.05) is 0 Å². The molecule has 0 saturated carbocycles. The molecule has 0 aliphatic carbocycles. The second kappa shape index (κ2) is 8.98. The van der Waals surface area contributed by atoms with Gasteiger partial charge in [0.25, 0.3) is 5.91 Å². The van der Waals surface area contributed by atoms with Gasteiger partial charge in [0, 0.05) is 25.5 Å². The van der Waals surface area contributed by atoms with Crippen LogP contribution in [0.2, 0.25) is 0 Å². The zero-order chi connectivity index (χ0) is 13.2. The smallest absolute Gasteiger partial charge is 0.270 e. The van der Waals surface area contributed by atoms with Crippen LogP contribution in [0.4, 0.5) is 0 Å². The van der Waals surface area contributed by atoms with E-state index in [2.05, 4.69) is 10.3 Å². The van der Waals surface area contributed by atoms with Crippen molar-refractivity contribution >= 4 is 17.2 Å². The van der Waals surface area contributed by atoms with Gasteiger partial charge in [-0.2, -0.15) is 0 Å². The highest BCUT2D eigenvalue weighted by atomic mass is 32.1. The molecule has 0 bridgehead atoms. The number of nitrogens with two attached hydrogens (primary N) is 1. The SMILES string of the molecule is COCCOCCNC(=O)c1csc(CCN)n1. The Morgan fingerprint density at radius 1 is 1.50 bits per heavy atom. The first-order valence-corrected chi connectivity index (χ1v) is 6.65. The lowest BCUT2D eigenvalue weighted by molar-refractivity contribution is 0.0692. The summed E-state index contributed by atoms with van der Waals surface area (Å²) < 4.78 is 10.1. The normalized spacial score (nSPS) is 10.6. The van der Waals surface area contributed by atoms with Crippen molar-refractivity contribution in [3.05, 3.63) is 16.1 Å². The van der Waals surface area contributed by atoms with Gasteiger partial charge >= 0.3 is 0 Å². The molecule has 102 valence electrons. The molecule has 1 aromatic heterocycles. The number of carbonyl (C=O) groups excluding carboxylic acids is 1. The third kappa shape index (κ3) is 5.54. The van der Waals surface area contributed by atoms with E-state index in [0.717, 1.165) is 5.01 Å². The van der Waals surface area contributed by atoms with Crippen LogP contribution in [-0.2, 0) is 15.9 Å². The minimum Gasteiger partial charge on any atom is -0.382 e. The fraction of sp³-hybridized carbons (Fsp3) is 0.636. The van der Waals surface area contributed by atoms with E-state index in [9.17, 15) is 4.79 Å². The average molecular weight is 273 g/mol. The largest absolute Gasteiger partial charge is 0.382 e. The molecule has 6 nitrogen and oxygen atoms in total. The van der Waals surface area contributed by atoms with Crippen molar-refractivity contribution in [2.24, 2.45) is 5.73 Å². The van der Waals surface area contributed by atoms with Crippen LogP contribution in [0.25, 0.3) is 0 Å². The van der Waals surface area contributed by atoms with E-state index in [-0.39, 0.29) is 5.91 Å². The van der Waals surface area contributed by atoms with Crippen LogP contribution in [0.3, 0.4) is 0 Å². The van der Waals surface area contributed by atoms with Gasteiger partial charge in [0.05, 0.1) is 24.8 Å². The number of nitrogens with one attached hydrogen (secondary N) is 1. The molecule has 0 atom stereocenters. The number of hydrogen-bond donors (Lipinski definition) is 2. The Morgan fingerprint density at radius 2 is 2.33 bits per heavy atom. The molecular formula is C11H19N3O3S. The van der Waals surface area contributed by atoms with Gasteiger partial charge in [-0.15, -0.1) is 11.3 Å². The fourth-order valence-corrected chi connectivity index (χ4v) is 2.02. The Kier molecular flexibility index (Phi) is 7.51. The lowest BCUT2D eigenvalue weighted by Gasteiger charge is -2.04. The molecule has 1 aromatic rings. The molecule has 18 heavy (non-hydrogen) atoms. The number of carbonyl (C=O) groups is 1. The number of ether oxygens (including phenoxy) is 2. The van der Waals surface area contributed by atoms with E-state index in [1.165, 1.54) is 11.3 Å². The number of methoxy groups -OCH3 is 1. The quantitative estimate of drug-likeness (QED) is 0.620. The van der Waals surface area contributed by atoms with Crippen LogP contribution in [0.5, 0.6) is 0 Å². The number of rotatable bonds is 9. The average Bonchev–Trinajstić information content (AvgIpc) is 2.82. The van der Waals surface area contributed by atoms with E-state index in [1.54, 1.807) is 12.5 Å². The molecule has 0 fully saturated rings. The Hall–Kier alpha value is -1.02. The van der Waals surface area contributed by atoms with Crippen molar-refractivity contribution in [2.75, 3.05) is 40.0 Å². The first-order valence-electron chi connectivity index (χ1n) is 5.77. The number of aromatic nitrogens is 1. The second-order valence-corrected chi connectivity index (χ2v) is 4.47. The van der Waals surface area contributed by atoms with Crippen LogP contribution in [0.1, 0.15) is 15.5 Å². The molecule has 1 amide bonds. The second-order valence-electron chi connectivity index (χ2n) is 3.53. The van der Waals surface area contributed by atoms with Crippen LogP contribution >= 0.6 is 11.3 Å². The van der Waals surface area contributed by atoms with Gasteiger partial charge < -0.3 is 20.5 Å². The minimum absolute atomic E-state index is 0.176. The van der Waals surface area contributed by atoms with Gasteiger partial charge in [0.15, 0.2) is 0 Å². The van der Waals surface area contributed by atoms with Crippen LogP contribution in [-0.4, -0.2) is 50.9 Å². The number of amides is 1. The molecule has 0 aliphatic rings. The van der Waals surface area contributed by atoms with Gasteiger partial charge in [0.1, 0.15) is 5.69 Å². The lowest BCUT2D eigenvalue weighted by Crippen LogP contribution is -2.27. The Morgan fingerprint density at radius 3 is 3.06 bits per heavy atom. The van der Waals surface area contributed by atoms with E-state index in [0.29, 0.717) is 45.0 Å². The molecule has 3 N–H and O–H groups in total. The molecule has 0 aliphatic heterocycles. The van der Waals surface area contributed by atoms with Crippen LogP contribution < -0.4 is 11.1 Å². The van der Waals surface area contributed by atoms with E-state index >= 15 is 0 Å². The predicted molar refractivity (Wildman–Crippen MR) is 69.9 cm³/mol. The van der Waals surface area contributed by atoms with Crippen molar-refractivity contribution < 1.29 is 14.3 Å². The van der Waals surface area contributed by atoms with E-state index < -0.39 is 0 Å². The Balaban J connectivity index is 2.19. The summed E-state index contributed by atoms with van der Waals surface area (Å²) in [6.45, 7) is 2.56. The Bertz CT molecular complexity index is 357. The molecule has 0 spiro atoms. The molecule has 0 saturated heterocycles. The monoisotopic (exact) mass is 273 g/mol. The molecule has 0 radical (unpaired) electrons. The highest BCUT2D eigenvalue weighted by Gasteiger charge is 2.09. The lowest BCUT2D eigenvalue weighted by atomic mass is 10.4. The van der Waals surface area contributed by atoms with Gasteiger partial charge in [-0.05, 0) is 6.54 Å². The zero-order valence-electron chi connectivity index (χ0n) is 10.5. The molecular weight excluding hydrogens is 254 g/mol. The first kappa shape index (κ1) is 15.0. The highest BCUT2D eigenvalue weighted by Crippen LogP contribution is 2.09. The topological polar surface area (TPSA) is 86.5 Å². The summed E-state index contributed by atoms with van der Waals surface area (Å²) in [6, 6.07) is 0. The maximum absolute atomic E-state index is 11.7. The fourth-order valence-electron chi connectivity index (χ4n) is 1.23.